The van der Waals surface area contributed by atoms with E-state index in [1.165, 1.54) is 30.0 Å². The van der Waals surface area contributed by atoms with Crippen LogP contribution >= 0.6 is 11.3 Å². The molecule has 1 aromatic heterocycles. The second-order valence-electron chi connectivity index (χ2n) is 6.97. The quantitative estimate of drug-likeness (QED) is 0.855. The fourth-order valence-corrected chi connectivity index (χ4v) is 4.42. The second kappa shape index (κ2) is 6.35. The molecular formula is C17H28N2OS. The number of nitrogens with one attached hydrogen (secondary N) is 1. The summed E-state index contributed by atoms with van der Waals surface area (Å²) < 4.78 is 5.99. The minimum Gasteiger partial charge on any atom is -0.378 e. The molecule has 2 aliphatic rings. The summed E-state index contributed by atoms with van der Waals surface area (Å²) in [5.41, 5.74) is 1.31. The molecule has 1 saturated heterocycles. The SMILES string of the molecule is CCCC1CC(NC2CC2)(c2nc(C(C)C)cs2)CCO1. The zero-order chi connectivity index (χ0) is 14.9. The molecule has 1 saturated carbocycles. The van der Waals surface area contributed by atoms with Crippen LogP contribution < -0.4 is 5.32 Å². The Morgan fingerprint density at radius 2 is 2.29 bits per heavy atom. The van der Waals surface area contributed by atoms with E-state index in [0.29, 0.717) is 18.1 Å². The molecule has 1 aromatic rings. The van der Waals surface area contributed by atoms with E-state index >= 15 is 0 Å². The molecule has 4 heteroatoms. The lowest BCUT2D eigenvalue weighted by Crippen LogP contribution is -2.50. The summed E-state index contributed by atoms with van der Waals surface area (Å²) in [5.74, 6) is 0.513. The van der Waals surface area contributed by atoms with Gasteiger partial charge in [0.05, 0.1) is 17.3 Å². The third-order valence-corrected chi connectivity index (χ3v) is 5.71. The van der Waals surface area contributed by atoms with Crippen LogP contribution in [-0.4, -0.2) is 23.7 Å². The highest BCUT2D eigenvalue weighted by atomic mass is 32.1. The van der Waals surface area contributed by atoms with Crippen molar-refractivity contribution < 1.29 is 4.74 Å². The van der Waals surface area contributed by atoms with E-state index in [1.807, 2.05) is 11.3 Å². The first-order valence-corrected chi connectivity index (χ1v) is 9.36. The van der Waals surface area contributed by atoms with Crippen molar-refractivity contribution >= 4 is 11.3 Å². The van der Waals surface area contributed by atoms with E-state index in [9.17, 15) is 0 Å². The van der Waals surface area contributed by atoms with E-state index in [0.717, 1.165) is 25.9 Å². The Kier molecular flexibility index (Phi) is 4.67. The molecule has 3 rings (SSSR count). The van der Waals surface area contributed by atoms with E-state index < -0.39 is 0 Å². The number of hydrogen-bond donors (Lipinski definition) is 1. The van der Waals surface area contributed by atoms with Crippen LogP contribution in [-0.2, 0) is 10.3 Å². The van der Waals surface area contributed by atoms with Crippen LogP contribution in [0.2, 0.25) is 0 Å². The van der Waals surface area contributed by atoms with E-state index in [-0.39, 0.29) is 5.54 Å². The fraction of sp³-hybridized carbons (Fsp3) is 0.824. The summed E-state index contributed by atoms with van der Waals surface area (Å²) >= 11 is 1.84. The van der Waals surface area contributed by atoms with Gasteiger partial charge in [-0.3, -0.25) is 0 Å². The molecule has 0 spiro atoms. The van der Waals surface area contributed by atoms with E-state index in [1.54, 1.807) is 0 Å². The lowest BCUT2D eigenvalue weighted by Gasteiger charge is -2.40. The Balaban J connectivity index is 1.84. The Morgan fingerprint density at radius 1 is 1.48 bits per heavy atom. The molecule has 2 atom stereocenters. The van der Waals surface area contributed by atoms with Gasteiger partial charge in [0, 0.05) is 18.0 Å². The topological polar surface area (TPSA) is 34.2 Å². The predicted molar refractivity (Wildman–Crippen MR) is 87.9 cm³/mol. The average Bonchev–Trinajstić information content (AvgIpc) is 3.10. The Hall–Kier alpha value is -0.450. The van der Waals surface area contributed by atoms with Crippen LogP contribution in [0.25, 0.3) is 0 Å². The van der Waals surface area contributed by atoms with Gasteiger partial charge < -0.3 is 10.1 Å². The summed E-state index contributed by atoms with van der Waals surface area (Å²) in [6.07, 6.45) is 7.54. The molecule has 1 N–H and O–H groups in total. The Bertz CT molecular complexity index is 467. The molecule has 0 radical (unpaired) electrons. The van der Waals surface area contributed by atoms with Gasteiger partial charge in [-0.05, 0) is 38.0 Å². The third kappa shape index (κ3) is 3.49. The zero-order valence-corrected chi connectivity index (χ0v) is 14.3. The Morgan fingerprint density at radius 3 is 2.90 bits per heavy atom. The van der Waals surface area contributed by atoms with Gasteiger partial charge in [0.2, 0.25) is 0 Å². The van der Waals surface area contributed by atoms with Crippen molar-refractivity contribution in [2.45, 2.75) is 82.9 Å². The number of ether oxygens (including phenoxy) is 1. The second-order valence-corrected chi connectivity index (χ2v) is 7.83. The summed E-state index contributed by atoms with van der Waals surface area (Å²) in [6.45, 7) is 7.56. The molecule has 2 fully saturated rings. The van der Waals surface area contributed by atoms with Crippen molar-refractivity contribution in [1.82, 2.24) is 10.3 Å². The molecule has 2 heterocycles. The summed E-state index contributed by atoms with van der Waals surface area (Å²) in [5, 5.41) is 7.48. The van der Waals surface area contributed by atoms with Crippen LogP contribution in [0.4, 0.5) is 0 Å². The third-order valence-electron chi connectivity index (χ3n) is 4.65. The summed E-state index contributed by atoms with van der Waals surface area (Å²) in [4.78, 5) is 4.98. The maximum absolute atomic E-state index is 5.99. The molecule has 0 bridgehead atoms. The smallest absolute Gasteiger partial charge is 0.113 e. The van der Waals surface area contributed by atoms with Crippen LogP contribution in [0.15, 0.2) is 5.38 Å². The lowest BCUT2D eigenvalue weighted by atomic mass is 9.85. The standard InChI is InChI=1S/C17H28N2OS/c1-4-5-14-10-17(8-9-20-14,19-13-6-7-13)16-18-15(11-21-16)12(2)3/h11-14,19H,4-10H2,1-3H3. The average molecular weight is 308 g/mol. The molecule has 3 nitrogen and oxygen atoms in total. The van der Waals surface area contributed by atoms with E-state index in [2.05, 4.69) is 31.5 Å². The van der Waals surface area contributed by atoms with Crippen molar-refractivity contribution in [1.29, 1.82) is 0 Å². The van der Waals surface area contributed by atoms with Crippen LogP contribution in [0, 0.1) is 0 Å². The van der Waals surface area contributed by atoms with Crippen molar-refractivity contribution in [3.8, 4) is 0 Å². The highest BCUT2D eigenvalue weighted by Crippen LogP contribution is 2.41. The first-order chi connectivity index (χ1) is 10.1. The highest BCUT2D eigenvalue weighted by Gasteiger charge is 2.43. The molecule has 21 heavy (non-hydrogen) atoms. The largest absolute Gasteiger partial charge is 0.378 e. The first-order valence-electron chi connectivity index (χ1n) is 8.48. The molecular weight excluding hydrogens is 280 g/mol. The zero-order valence-electron chi connectivity index (χ0n) is 13.5. The van der Waals surface area contributed by atoms with Gasteiger partial charge in [0.25, 0.3) is 0 Å². The lowest BCUT2D eigenvalue weighted by molar-refractivity contribution is -0.0356. The van der Waals surface area contributed by atoms with Crippen molar-refractivity contribution in [3.63, 3.8) is 0 Å². The van der Waals surface area contributed by atoms with Gasteiger partial charge in [-0.1, -0.05) is 27.2 Å². The summed E-state index contributed by atoms with van der Waals surface area (Å²) in [6, 6.07) is 0.705. The predicted octanol–water partition coefficient (Wildman–Crippen LogP) is 4.19. The van der Waals surface area contributed by atoms with Gasteiger partial charge in [0.15, 0.2) is 0 Å². The number of nitrogens with zero attached hydrogens (tertiary/aromatic N) is 1. The van der Waals surface area contributed by atoms with Gasteiger partial charge in [-0.15, -0.1) is 11.3 Å². The minimum absolute atomic E-state index is 0.0665. The van der Waals surface area contributed by atoms with Crippen LogP contribution in [0.1, 0.15) is 75.9 Å². The number of thiazole rings is 1. The van der Waals surface area contributed by atoms with Crippen LogP contribution in [0.3, 0.4) is 0 Å². The number of hydrogen-bond acceptors (Lipinski definition) is 4. The molecule has 0 amide bonds. The molecule has 1 aliphatic heterocycles. The Labute approximate surface area is 132 Å². The first kappa shape index (κ1) is 15.4. The number of aromatic nitrogens is 1. The number of rotatable bonds is 6. The van der Waals surface area contributed by atoms with Gasteiger partial charge >= 0.3 is 0 Å². The van der Waals surface area contributed by atoms with Gasteiger partial charge in [-0.25, -0.2) is 4.98 Å². The highest BCUT2D eigenvalue weighted by molar-refractivity contribution is 7.09. The minimum atomic E-state index is 0.0665. The molecule has 2 unspecified atom stereocenters. The van der Waals surface area contributed by atoms with Crippen molar-refractivity contribution in [2.24, 2.45) is 0 Å². The molecule has 1 aliphatic carbocycles. The molecule has 118 valence electrons. The van der Waals surface area contributed by atoms with E-state index in [4.69, 9.17) is 9.72 Å². The maximum Gasteiger partial charge on any atom is 0.113 e. The fourth-order valence-electron chi connectivity index (χ4n) is 3.23. The van der Waals surface area contributed by atoms with Crippen molar-refractivity contribution in [2.75, 3.05) is 6.61 Å². The molecule has 0 aromatic carbocycles. The van der Waals surface area contributed by atoms with Crippen molar-refractivity contribution in [3.05, 3.63) is 16.1 Å². The maximum atomic E-state index is 5.99. The normalized spacial score (nSPS) is 30.0. The van der Waals surface area contributed by atoms with Gasteiger partial charge in [0.1, 0.15) is 5.01 Å². The summed E-state index contributed by atoms with van der Waals surface area (Å²) in [7, 11) is 0. The van der Waals surface area contributed by atoms with Gasteiger partial charge in [-0.2, -0.15) is 0 Å². The van der Waals surface area contributed by atoms with Crippen LogP contribution in [0.5, 0.6) is 0 Å². The monoisotopic (exact) mass is 308 g/mol.